The average molecular weight is 280 g/mol. The Morgan fingerprint density at radius 3 is 2.65 bits per heavy atom. The van der Waals surface area contributed by atoms with E-state index in [2.05, 4.69) is 34.0 Å². The number of anilines is 2. The predicted molar refractivity (Wildman–Crippen MR) is 84.5 cm³/mol. The summed E-state index contributed by atoms with van der Waals surface area (Å²) >= 11 is 0. The van der Waals surface area contributed by atoms with Gasteiger partial charge in [-0.25, -0.2) is 9.97 Å². The molecular formula is C15H28N4O. The SMILES string of the molecule is CCCNc1cc(N(C)CCOC(C)C)nc(CC)n1. The van der Waals surface area contributed by atoms with E-state index in [0.29, 0.717) is 6.61 Å². The Balaban J connectivity index is 2.70. The van der Waals surface area contributed by atoms with Gasteiger partial charge in [-0.3, -0.25) is 0 Å². The van der Waals surface area contributed by atoms with Gasteiger partial charge in [0.25, 0.3) is 0 Å². The summed E-state index contributed by atoms with van der Waals surface area (Å²) in [6.45, 7) is 10.8. The Morgan fingerprint density at radius 1 is 1.30 bits per heavy atom. The topological polar surface area (TPSA) is 50.3 Å². The van der Waals surface area contributed by atoms with Crippen LogP contribution in [0.2, 0.25) is 0 Å². The minimum atomic E-state index is 0.266. The van der Waals surface area contributed by atoms with Gasteiger partial charge in [0.2, 0.25) is 0 Å². The number of likely N-dealkylation sites (N-methyl/N-ethyl adjacent to an activating group) is 1. The second kappa shape index (κ2) is 8.74. The van der Waals surface area contributed by atoms with Gasteiger partial charge >= 0.3 is 0 Å². The zero-order chi connectivity index (χ0) is 15.0. The molecule has 0 saturated carbocycles. The van der Waals surface area contributed by atoms with Crippen molar-refractivity contribution in [2.24, 2.45) is 0 Å². The smallest absolute Gasteiger partial charge is 0.134 e. The van der Waals surface area contributed by atoms with Crippen molar-refractivity contribution >= 4 is 11.6 Å². The first kappa shape index (κ1) is 16.7. The number of nitrogens with one attached hydrogen (secondary N) is 1. The highest BCUT2D eigenvalue weighted by molar-refractivity contribution is 5.49. The first-order valence-corrected chi connectivity index (χ1v) is 7.51. The van der Waals surface area contributed by atoms with Gasteiger partial charge < -0.3 is 15.0 Å². The summed E-state index contributed by atoms with van der Waals surface area (Å²) in [5, 5.41) is 3.33. The van der Waals surface area contributed by atoms with Crippen molar-refractivity contribution in [3.05, 3.63) is 11.9 Å². The summed E-state index contributed by atoms with van der Waals surface area (Å²) in [5.74, 6) is 2.73. The number of ether oxygens (including phenoxy) is 1. The number of hydrogen-bond donors (Lipinski definition) is 1. The lowest BCUT2D eigenvalue weighted by Gasteiger charge is -2.20. The highest BCUT2D eigenvalue weighted by atomic mass is 16.5. The summed E-state index contributed by atoms with van der Waals surface area (Å²) in [4.78, 5) is 11.2. The highest BCUT2D eigenvalue weighted by Crippen LogP contribution is 2.15. The van der Waals surface area contributed by atoms with E-state index in [1.54, 1.807) is 0 Å². The maximum atomic E-state index is 5.58. The van der Waals surface area contributed by atoms with Crippen molar-refractivity contribution in [1.29, 1.82) is 0 Å². The van der Waals surface area contributed by atoms with Crippen LogP contribution in [0.1, 0.15) is 39.9 Å². The molecular weight excluding hydrogens is 252 g/mol. The first-order chi connectivity index (χ1) is 9.56. The summed E-state index contributed by atoms with van der Waals surface area (Å²) in [6.07, 6.45) is 2.19. The second-order valence-corrected chi connectivity index (χ2v) is 5.15. The molecule has 1 rings (SSSR count). The molecule has 0 aliphatic heterocycles. The molecule has 5 nitrogen and oxygen atoms in total. The molecule has 1 aromatic heterocycles. The van der Waals surface area contributed by atoms with Crippen molar-refractivity contribution in [2.75, 3.05) is 37.0 Å². The second-order valence-electron chi connectivity index (χ2n) is 5.15. The molecule has 20 heavy (non-hydrogen) atoms. The largest absolute Gasteiger partial charge is 0.377 e. The van der Waals surface area contributed by atoms with E-state index in [1.165, 1.54) is 0 Å². The van der Waals surface area contributed by atoms with Crippen molar-refractivity contribution in [3.8, 4) is 0 Å². The number of hydrogen-bond acceptors (Lipinski definition) is 5. The van der Waals surface area contributed by atoms with Gasteiger partial charge in [-0.05, 0) is 20.3 Å². The van der Waals surface area contributed by atoms with Gasteiger partial charge in [0, 0.05) is 32.6 Å². The van der Waals surface area contributed by atoms with Gasteiger partial charge in [0.05, 0.1) is 12.7 Å². The maximum Gasteiger partial charge on any atom is 0.134 e. The van der Waals surface area contributed by atoms with Crippen LogP contribution in [0.5, 0.6) is 0 Å². The van der Waals surface area contributed by atoms with E-state index in [0.717, 1.165) is 43.4 Å². The van der Waals surface area contributed by atoms with Crippen LogP contribution in [-0.4, -0.2) is 42.8 Å². The lowest BCUT2D eigenvalue weighted by Crippen LogP contribution is -2.25. The van der Waals surface area contributed by atoms with Crippen LogP contribution < -0.4 is 10.2 Å². The van der Waals surface area contributed by atoms with Crippen LogP contribution in [0, 0.1) is 0 Å². The van der Waals surface area contributed by atoms with Crippen molar-refractivity contribution in [1.82, 2.24) is 9.97 Å². The molecule has 0 unspecified atom stereocenters. The molecule has 0 radical (unpaired) electrons. The Bertz CT molecular complexity index is 395. The summed E-state index contributed by atoms with van der Waals surface area (Å²) in [5.41, 5.74) is 0. The molecule has 0 spiro atoms. The fourth-order valence-corrected chi connectivity index (χ4v) is 1.72. The molecule has 0 bridgehead atoms. The number of rotatable bonds is 9. The van der Waals surface area contributed by atoms with Crippen LogP contribution in [0.15, 0.2) is 6.07 Å². The van der Waals surface area contributed by atoms with E-state index >= 15 is 0 Å². The molecule has 0 amide bonds. The van der Waals surface area contributed by atoms with Gasteiger partial charge in [-0.2, -0.15) is 0 Å². The molecule has 1 heterocycles. The van der Waals surface area contributed by atoms with E-state index in [1.807, 2.05) is 27.0 Å². The number of aryl methyl sites for hydroxylation is 1. The molecule has 0 aliphatic carbocycles. The Labute approximate surface area is 122 Å². The third-order valence-electron chi connectivity index (χ3n) is 2.90. The van der Waals surface area contributed by atoms with E-state index < -0.39 is 0 Å². The van der Waals surface area contributed by atoms with E-state index in [4.69, 9.17) is 4.74 Å². The molecule has 1 aromatic rings. The fourth-order valence-electron chi connectivity index (χ4n) is 1.72. The normalized spacial score (nSPS) is 10.9. The molecule has 0 fully saturated rings. The van der Waals surface area contributed by atoms with Crippen molar-refractivity contribution in [2.45, 2.75) is 46.6 Å². The van der Waals surface area contributed by atoms with Crippen LogP contribution >= 0.6 is 0 Å². The predicted octanol–water partition coefficient (Wildman–Crippen LogP) is 2.72. The summed E-state index contributed by atoms with van der Waals surface area (Å²) < 4.78 is 5.58. The monoisotopic (exact) mass is 280 g/mol. The zero-order valence-corrected chi connectivity index (χ0v) is 13.4. The summed E-state index contributed by atoms with van der Waals surface area (Å²) in [6, 6.07) is 2.00. The van der Waals surface area contributed by atoms with Crippen molar-refractivity contribution in [3.63, 3.8) is 0 Å². The van der Waals surface area contributed by atoms with Crippen LogP contribution in [-0.2, 0) is 11.2 Å². The van der Waals surface area contributed by atoms with Crippen LogP contribution in [0.4, 0.5) is 11.6 Å². The molecule has 0 aliphatic rings. The molecule has 114 valence electrons. The van der Waals surface area contributed by atoms with Gasteiger partial charge in [0.1, 0.15) is 17.5 Å². The third kappa shape index (κ3) is 5.74. The van der Waals surface area contributed by atoms with E-state index in [9.17, 15) is 0 Å². The highest BCUT2D eigenvalue weighted by Gasteiger charge is 2.08. The standard InChI is InChI=1S/C15H28N4O/c1-6-8-16-14-11-15(18-13(7-2)17-14)19(5)9-10-20-12(3)4/h11-12H,6-10H2,1-5H3,(H,16,17,18). The Kier molecular flexibility index (Phi) is 7.30. The number of aromatic nitrogens is 2. The Morgan fingerprint density at radius 2 is 2.05 bits per heavy atom. The first-order valence-electron chi connectivity index (χ1n) is 7.51. The molecule has 1 N–H and O–H groups in total. The van der Waals surface area contributed by atoms with Gasteiger partial charge in [-0.1, -0.05) is 13.8 Å². The fraction of sp³-hybridized carbons (Fsp3) is 0.733. The van der Waals surface area contributed by atoms with Crippen molar-refractivity contribution < 1.29 is 4.74 Å². The van der Waals surface area contributed by atoms with Crippen LogP contribution in [0.25, 0.3) is 0 Å². The average Bonchev–Trinajstić information content (AvgIpc) is 2.44. The summed E-state index contributed by atoms with van der Waals surface area (Å²) in [7, 11) is 2.04. The number of nitrogens with zero attached hydrogens (tertiary/aromatic N) is 3. The quantitative estimate of drug-likeness (QED) is 0.753. The molecule has 0 atom stereocenters. The maximum absolute atomic E-state index is 5.58. The zero-order valence-electron chi connectivity index (χ0n) is 13.4. The molecule has 5 heteroatoms. The minimum Gasteiger partial charge on any atom is -0.377 e. The lowest BCUT2D eigenvalue weighted by molar-refractivity contribution is 0.0845. The third-order valence-corrected chi connectivity index (χ3v) is 2.90. The van der Waals surface area contributed by atoms with Gasteiger partial charge in [0.15, 0.2) is 0 Å². The Hall–Kier alpha value is -1.36. The minimum absolute atomic E-state index is 0.266. The van der Waals surface area contributed by atoms with E-state index in [-0.39, 0.29) is 6.10 Å². The van der Waals surface area contributed by atoms with Gasteiger partial charge in [-0.15, -0.1) is 0 Å². The lowest BCUT2D eigenvalue weighted by atomic mass is 10.4. The van der Waals surface area contributed by atoms with Crippen LogP contribution in [0.3, 0.4) is 0 Å². The molecule has 0 aromatic carbocycles. The molecule has 0 saturated heterocycles.